The highest BCUT2D eigenvalue weighted by molar-refractivity contribution is 7.89. The van der Waals surface area contributed by atoms with Gasteiger partial charge in [0.1, 0.15) is 0 Å². The number of halogens is 3. The van der Waals surface area contributed by atoms with Gasteiger partial charge in [0, 0.05) is 43.5 Å². The van der Waals surface area contributed by atoms with E-state index in [1.807, 2.05) is 17.5 Å². The minimum Gasteiger partial charge on any atom is -0.379 e. The molecule has 2 aliphatic rings. The first kappa shape index (κ1) is 26.1. The standard InChI is InChI=1S/C23H28F3N3O4S2/c24-23(25,26)18-3-1-4-19(15-18)35(31,32)29-8-6-17(7-9-29)22(30)27-16-20(21-5-2-14-34-21)28-10-12-33-13-11-28/h1-5,14-15,17,20H,6-13,16H2,(H,27,30)/t20-/m1/s1. The molecule has 4 rings (SSSR count). The minimum absolute atomic E-state index is 0.0456. The third kappa shape index (κ3) is 6.23. The largest absolute Gasteiger partial charge is 0.416 e. The van der Waals surface area contributed by atoms with Gasteiger partial charge in [0.05, 0.1) is 29.7 Å². The van der Waals surface area contributed by atoms with Crippen LogP contribution in [0, 0.1) is 5.92 Å². The van der Waals surface area contributed by atoms with Crippen LogP contribution in [0.15, 0.2) is 46.7 Å². The number of piperidine rings is 1. The van der Waals surface area contributed by atoms with E-state index in [0.717, 1.165) is 34.4 Å². The highest BCUT2D eigenvalue weighted by Gasteiger charge is 2.35. The lowest BCUT2D eigenvalue weighted by atomic mass is 9.97. The fourth-order valence-electron chi connectivity index (χ4n) is 4.46. The number of alkyl halides is 3. The lowest BCUT2D eigenvalue weighted by Crippen LogP contribution is -2.46. The molecule has 192 valence electrons. The van der Waals surface area contributed by atoms with Crippen molar-refractivity contribution in [2.24, 2.45) is 5.92 Å². The molecule has 1 aromatic heterocycles. The second-order valence-electron chi connectivity index (χ2n) is 8.63. The van der Waals surface area contributed by atoms with Crippen LogP contribution in [0.25, 0.3) is 0 Å². The topological polar surface area (TPSA) is 79.0 Å². The Morgan fingerprint density at radius 1 is 1.11 bits per heavy atom. The minimum atomic E-state index is -4.63. The molecule has 2 fully saturated rings. The SMILES string of the molecule is O=C(NC[C@H](c1cccs1)N1CCOCC1)C1CCN(S(=O)(=O)c2cccc(C(F)(F)F)c2)CC1. The number of nitrogens with zero attached hydrogens (tertiary/aromatic N) is 2. The van der Waals surface area contributed by atoms with Crippen molar-refractivity contribution in [2.75, 3.05) is 45.9 Å². The first-order valence-corrected chi connectivity index (χ1v) is 13.8. The lowest BCUT2D eigenvalue weighted by molar-refractivity contribution is -0.137. The maximum atomic E-state index is 13.0. The Balaban J connectivity index is 1.34. The summed E-state index contributed by atoms with van der Waals surface area (Å²) in [7, 11) is -4.08. The summed E-state index contributed by atoms with van der Waals surface area (Å²) in [6.45, 7) is 3.46. The molecule has 0 bridgehead atoms. The van der Waals surface area contributed by atoms with Crippen LogP contribution in [0.4, 0.5) is 13.2 Å². The summed E-state index contributed by atoms with van der Waals surface area (Å²) in [5, 5.41) is 5.04. The Morgan fingerprint density at radius 2 is 1.83 bits per heavy atom. The normalized spacial score (nSPS) is 20.0. The van der Waals surface area contributed by atoms with Crippen molar-refractivity contribution < 1.29 is 31.1 Å². The zero-order valence-corrected chi connectivity index (χ0v) is 20.7. The third-order valence-electron chi connectivity index (χ3n) is 6.45. The fourth-order valence-corrected chi connectivity index (χ4v) is 6.84. The second kappa shape index (κ2) is 11.0. The Labute approximate surface area is 206 Å². The molecular weight excluding hydrogens is 503 g/mol. The number of sulfonamides is 1. The maximum Gasteiger partial charge on any atom is 0.416 e. The van der Waals surface area contributed by atoms with Crippen molar-refractivity contribution >= 4 is 27.3 Å². The van der Waals surface area contributed by atoms with Crippen molar-refractivity contribution in [1.82, 2.24) is 14.5 Å². The molecule has 2 aliphatic heterocycles. The summed E-state index contributed by atoms with van der Waals surface area (Å²) in [6, 6.07) is 7.84. The summed E-state index contributed by atoms with van der Waals surface area (Å²) in [5.74, 6) is -0.479. The molecule has 0 aliphatic carbocycles. The van der Waals surface area contributed by atoms with Crippen molar-refractivity contribution in [3.05, 3.63) is 52.2 Å². The number of thiophene rings is 1. The molecule has 1 amide bonds. The Morgan fingerprint density at radius 3 is 2.46 bits per heavy atom. The molecule has 12 heteroatoms. The number of hydrogen-bond acceptors (Lipinski definition) is 6. The number of morpholine rings is 1. The van der Waals surface area contributed by atoms with Crippen LogP contribution in [-0.2, 0) is 25.7 Å². The van der Waals surface area contributed by atoms with Gasteiger partial charge in [0.2, 0.25) is 15.9 Å². The van der Waals surface area contributed by atoms with Gasteiger partial charge in [-0.1, -0.05) is 12.1 Å². The number of carbonyl (C=O) groups is 1. The summed E-state index contributed by atoms with van der Waals surface area (Å²) in [5.41, 5.74) is -1.01. The van der Waals surface area contributed by atoms with E-state index in [-0.39, 0.29) is 35.9 Å². The molecule has 7 nitrogen and oxygen atoms in total. The van der Waals surface area contributed by atoms with Crippen LogP contribution in [0.3, 0.4) is 0 Å². The Hall–Kier alpha value is -1.99. The predicted molar refractivity (Wildman–Crippen MR) is 125 cm³/mol. The van der Waals surface area contributed by atoms with E-state index >= 15 is 0 Å². The maximum absolute atomic E-state index is 13.0. The van der Waals surface area contributed by atoms with E-state index in [9.17, 15) is 26.4 Å². The van der Waals surface area contributed by atoms with E-state index in [2.05, 4.69) is 10.2 Å². The number of nitrogens with one attached hydrogen (secondary N) is 1. The van der Waals surface area contributed by atoms with Crippen molar-refractivity contribution in [1.29, 1.82) is 0 Å². The van der Waals surface area contributed by atoms with Crippen LogP contribution in [0.2, 0.25) is 0 Å². The van der Waals surface area contributed by atoms with Crippen LogP contribution in [0.5, 0.6) is 0 Å². The van der Waals surface area contributed by atoms with Gasteiger partial charge in [-0.25, -0.2) is 8.42 Å². The number of amides is 1. The first-order valence-electron chi connectivity index (χ1n) is 11.5. The molecular formula is C23H28F3N3O4S2. The number of benzene rings is 1. The smallest absolute Gasteiger partial charge is 0.379 e. The van der Waals surface area contributed by atoms with Gasteiger partial charge >= 0.3 is 6.18 Å². The van der Waals surface area contributed by atoms with Gasteiger partial charge in [-0.3, -0.25) is 9.69 Å². The lowest BCUT2D eigenvalue weighted by Gasteiger charge is -2.35. The predicted octanol–water partition coefficient (Wildman–Crippen LogP) is 3.36. The van der Waals surface area contributed by atoms with Gasteiger partial charge < -0.3 is 10.1 Å². The highest BCUT2D eigenvalue weighted by Crippen LogP contribution is 2.32. The fraction of sp³-hybridized carbons (Fsp3) is 0.522. The Kier molecular flexibility index (Phi) is 8.16. The molecule has 2 saturated heterocycles. The molecule has 0 saturated carbocycles. The zero-order valence-electron chi connectivity index (χ0n) is 19.0. The van der Waals surface area contributed by atoms with Crippen LogP contribution in [-0.4, -0.2) is 69.5 Å². The number of carbonyl (C=O) groups excluding carboxylic acids is 1. The summed E-state index contributed by atoms with van der Waals surface area (Å²) < 4.78 is 71.5. The van der Waals surface area contributed by atoms with Crippen LogP contribution >= 0.6 is 11.3 Å². The van der Waals surface area contributed by atoms with Gasteiger partial charge in [-0.2, -0.15) is 17.5 Å². The zero-order chi connectivity index (χ0) is 25.1. The van der Waals surface area contributed by atoms with E-state index in [4.69, 9.17) is 4.74 Å². The molecule has 1 N–H and O–H groups in total. The third-order valence-corrected chi connectivity index (χ3v) is 9.32. The molecule has 2 aromatic rings. The van der Waals surface area contributed by atoms with Crippen molar-refractivity contribution in [3.63, 3.8) is 0 Å². The summed E-state index contributed by atoms with van der Waals surface area (Å²) >= 11 is 1.64. The molecule has 0 radical (unpaired) electrons. The number of ether oxygens (including phenoxy) is 1. The van der Waals surface area contributed by atoms with Crippen molar-refractivity contribution in [3.8, 4) is 0 Å². The summed E-state index contributed by atoms with van der Waals surface area (Å²) in [6.07, 6.45) is -4.00. The van der Waals surface area contributed by atoms with Gasteiger partial charge in [0.15, 0.2) is 0 Å². The quantitative estimate of drug-likeness (QED) is 0.593. The van der Waals surface area contributed by atoms with Gasteiger partial charge in [-0.05, 0) is 42.5 Å². The van der Waals surface area contributed by atoms with Crippen LogP contribution in [0.1, 0.15) is 29.3 Å². The van der Waals surface area contributed by atoms with Crippen molar-refractivity contribution in [2.45, 2.75) is 30.0 Å². The average Bonchev–Trinajstić information content (AvgIpc) is 3.39. The Bertz CT molecular complexity index is 1100. The summed E-state index contributed by atoms with van der Waals surface area (Å²) in [4.78, 5) is 16.0. The molecule has 35 heavy (non-hydrogen) atoms. The second-order valence-corrected chi connectivity index (χ2v) is 11.5. The molecule has 1 aromatic carbocycles. The molecule has 3 heterocycles. The molecule has 1 atom stereocenters. The monoisotopic (exact) mass is 531 g/mol. The number of rotatable bonds is 7. The molecule has 0 spiro atoms. The average molecular weight is 532 g/mol. The number of hydrogen-bond donors (Lipinski definition) is 1. The van der Waals surface area contributed by atoms with E-state index in [0.29, 0.717) is 38.7 Å². The van der Waals surface area contributed by atoms with E-state index in [1.54, 1.807) is 11.3 Å². The highest BCUT2D eigenvalue weighted by atomic mass is 32.2. The van der Waals surface area contributed by atoms with Gasteiger partial charge in [-0.15, -0.1) is 11.3 Å². The van der Waals surface area contributed by atoms with E-state index < -0.39 is 21.8 Å². The van der Waals surface area contributed by atoms with Gasteiger partial charge in [0.25, 0.3) is 0 Å². The van der Waals surface area contributed by atoms with E-state index in [1.165, 1.54) is 6.07 Å². The van der Waals surface area contributed by atoms with Crippen LogP contribution < -0.4 is 5.32 Å². The first-order chi connectivity index (χ1) is 16.7. The molecule has 0 unspecified atom stereocenters.